The molecule has 0 aromatic heterocycles. The summed E-state index contributed by atoms with van der Waals surface area (Å²) in [6, 6.07) is 0. The molecule has 0 saturated carbocycles. The highest BCUT2D eigenvalue weighted by Crippen LogP contribution is 1.87. The molecule has 0 spiro atoms. The van der Waals surface area contributed by atoms with Gasteiger partial charge < -0.3 is 11.5 Å². The monoisotopic (exact) mass is 249 g/mol. The van der Waals surface area contributed by atoms with Gasteiger partial charge in [0, 0.05) is 13.1 Å². The van der Waals surface area contributed by atoms with Crippen LogP contribution in [0.2, 0.25) is 0 Å². The van der Waals surface area contributed by atoms with Gasteiger partial charge in [0.05, 0.1) is 0 Å². The quantitative estimate of drug-likeness (QED) is 0.376. The standard InChI is InChI=1S/C10H23N5.ClH/c1-3-5-7-13-9(11)15-10(12)14-8-6-4-2;/h3-8H2,1-2H3,(H5,11,12,13,14,15);1H. The van der Waals surface area contributed by atoms with E-state index >= 15 is 0 Å². The minimum absolute atomic E-state index is 0. The minimum atomic E-state index is 0. The Labute approximate surface area is 104 Å². The summed E-state index contributed by atoms with van der Waals surface area (Å²) < 4.78 is 0. The molecule has 0 saturated heterocycles. The van der Waals surface area contributed by atoms with Crippen LogP contribution >= 0.6 is 12.4 Å². The Morgan fingerprint density at radius 2 is 1.31 bits per heavy atom. The van der Waals surface area contributed by atoms with Gasteiger partial charge in [-0.2, -0.15) is 0 Å². The summed E-state index contributed by atoms with van der Waals surface area (Å²) in [4.78, 5) is 8.21. The van der Waals surface area contributed by atoms with E-state index in [1.165, 1.54) is 0 Å². The van der Waals surface area contributed by atoms with Crippen LogP contribution in [0.15, 0.2) is 9.98 Å². The third-order valence-electron chi connectivity index (χ3n) is 1.84. The number of nitrogens with two attached hydrogens (primary N) is 2. The van der Waals surface area contributed by atoms with Crippen molar-refractivity contribution in [3.8, 4) is 0 Å². The summed E-state index contributed by atoms with van der Waals surface area (Å²) in [6.45, 7) is 5.69. The topological polar surface area (TPSA) is 88.8 Å². The highest BCUT2D eigenvalue weighted by atomic mass is 35.5. The molecule has 6 heteroatoms. The van der Waals surface area contributed by atoms with Crippen LogP contribution in [0.4, 0.5) is 0 Å². The Balaban J connectivity index is 0. The van der Waals surface area contributed by atoms with Crippen molar-refractivity contribution in [2.75, 3.05) is 13.1 Å². The molecule has 0 unspecified atom stereocenters. The zero-order chi connectivity index (χ0) is 11.5. The second kappa shape index (κ2) is 12.1. The van der Waals surface area contributed by atoms with Crippen LogP contribution in [-0.2, 0) is 0 Å². The van der Waals surface area contributed by atoms with E-state index in [-0.39, 0.29) is 12.4 Å². The average molecular weight is 250 g/mol. The number of hydrogen-bond acceptors (Lipinski definition) is 2. The SMILES string of the molecule is CCCCN=C(N)NC(N)=NCCCC.Cl. The highest BCUT2D eigenvalue weighted by Gasteiger charge is 1.93. The molecule has 96 valence electrons. The van der Waals surface area contributed by atoms with Crippen LogP contribution < -0.4 is 16.8 Å². The second-order valence-electron chi connectivity index (χ2n) is 3.37. The van der Waals surface area contributed by atoms with E-state index in [4.69, 9.17) is 11.5 Å². The minimum Gasteiger partial charge on any atom is -0.370 e. The molecule has 0 aliphatic heterocycles. The normalized spacial score (nSPS) is 12.1. The van der Waals surface area contributed by atoms with Gasteiger partial charge in [0.1, 0.15) is 0 Å². The van der Waals surface area contributed by atoms with E-state index in [0.29, 0.717) is 11.9 Å². The molecule has 0 aliphatic carbocycles. The molecule has 0 aliphatic rings. The molecule has 0 bridgehead atoms. The molecule has 0 aromatic carbocycles. The number of nitrogens with one attached hydrogen (secondary N) is 1. The number of guanidine groups is 2. The number of halogens is 1. The van der Waals surface area contributed by atoms with Crippen molar-refractivity contribution >= 4 is 24.3 Å². The molecule has 0 aromatic rings. The van der Waals surface area contributed by atoms with E-state index in [0.717, 1.165) is 38.8 Å². The van der Waals surface area contributed by atoms with Gasteiger partial charge in [-0.1, -0.05) is 26.7 Å². The molecular formula is C10H24ClN5. The number of hydrogen-bond donors (Lipinski definition) is 3. The lowest BCUT2D eigenvalue weighted by atomic mass is 10.3. The fraction of sp³-hybridized carbons (Fsp3) is 0.800. The average Bonchev–Trinajstić information content (AvgIpc) is 2.18. The van der Waals surface area contributed by atoms with Gasteiger partial charge >= 0.3 is 0 Å². The summed E-state index contributed by atoms with van der Waals surface area (Å²) in [7, 11) is 0. The Morgan fingerprint density at radius 3 is 1.62 bits per heavy atom. The zero-order valence-corrected chi connectivity index (χ0v) is 11.0. The maximum Gasteiger partial charge on any atom is 0.195 e. The molecule has 0 radical (unpaired) electrons. The second-order valence-corrected chi connectivity index (χ2v) is 3.37. The van der Waals surface area contributed by atoms with Crippen molar-refractivity contribution in [3.05, 3.63) is 0 Å². The smallest absolute Gasteiger partial charge is 0.195 e. The van der Waals surface area contributed by atoms with Gasteiger partial charge in [-0.15, -0.1) is 12.4 Å². The number of aliphatic imine (C=N–C) groups is 2. The Morgan fingerprint density at radius 1 is 0.938 bits per heavy atom. The molecule has 0 atom stereocenters. The Bertz CT molecular complexity index is 193. The molecule has 0 fully saturated rings. The summed E-state index contributed by atoms with van der Waals surface area (Å²) >= 11 is 0. The fourth-order valence-electron chi connectivity index (χ4n) is 0.926. The van der Waals surface area contributed by atoms with Gasteiger partial charge in [0.25, 0.3) is 0 Å². The van der Waals surface area contributed by atoms with Crippen molar-refractivity contribution in [1.82, 2.24) is 5.32 Å². The third kappa shape index (κ3) is 11.1. The van der Waals surface area contributed by atoms with Gasteiger partial charge in [0.15, 0.2) is 11.9 Å². The lowest BCUT2D eigenvalue weighted by Crippen LogP contribution is -2.41. The van der Waals surface area contributed by atoms with Crippen LogP contribution in [0.1, 0.15) is 39.5 Å². The van der Waals surface area contributed by atoms with Crippen LogP contribution in [0.25, 0.3) is 0 Å². The molecular weight excluding hydrogens is 226 g/mol. The summed E-state index contributed by atoms with van der Waals surface area (Å²) in [5.74, 6) is 0.697. The van der Waals surface area contributed by atoms with Crippen LogP contribution in [-0.4, -0.2) is 25.0 Å². The van der Waals surface area contributed by atoms with Crippen molar-refractivity contribution in [2.45, 2.75) is 39.5 Å². The molecule has 0 heterocycles. The third-order valence-corrected chi connectivity index (χ3v) is 1.84. The first-order valence-corrected chi connectivity index (χ1v) is 5.57. The summed E-state index contributed by atoms with van der Waals surface area (Å²) in [6.07, 6.45) is 4.29. The van der Waals surface area contributed by atoms with Crippen molar-refractivity contribution in [3.63, 3.8) is 0 Å². The zero-order valence-electron chi connectivity index (χ0n) is 10.2. The first-order valence-electron chi connectivity index (χ1n) is 5.57. The highest BCUT2D eigenvalue weighted by molar-refractivity contribution is 5.96. The van der Waals surface area contributed by atoms with Gasteiger partial charge in [-0.25, -0.2) is 0 Å². The molecule has 5 N–H and O–H groups in total. The van der Waals surface area contributed by atoms with Crippen molar-refractivity contribution < 1.29 is 0 Å². The maximum atomic E-state index is 5.60. The predicted molar refractivity (Wildman–Crippen MR) is 73.2 cm³/mol. The largest absolute Gasteiger partial charge is 0.370 e. The van der Waals surface area contributed by atoms with Crippen LogP contribution in [0, 0.1) is 0 Å². The molecule has 0 rings (SSSR count). The summed E-state index contributed by atoms with van der Waals surface area (Å²) in [5, 5.41) is 2.75. The van der Waals surface area contributed by atoms with E-state index < -0.39 is 0 Å². The molecule has 5 nitrogen and oxygen atoms in total. The molecule has 16 heavy (non-hydrogen) atoms. The maximum absolute atomic E-state index is 5.60. The number of nitrogens with zero attached hydrogens (tertiary/aromatic N) is 2. The molecule has 0 amide bonds. The predicted octanol–water partition coefficient (Wildman–Crippen LogP) is 1.23. The van der Waals surface area contributed by atoms with Gasteiger partial charge in [0.2, 0.25) is 0 Å². The van der Waals surface area contributed by atoms with E-state index in [2.05, 4.69) is 29.1 Å². The van der Waals surface area contributed by atoms with Crippen molar-refractivity contribution in [1.29, 1.82) is 0 Å². The van der Waals surface area contributed by atoms with Crippen molar-refractivity contribution in [2.24, 2.45) is 21.5 Å². The number of rotatable bonds is 6. The number of unbranched alkanes of at least 4 members (excludes halogenated alkanes) is 2. The van der Waals surface area contributed by atoms with Gasteiger partial charge in [-0.3, -0.25) is 15.3 Å². The van der Waals surface area contributed by atoms with E-state index in [1.807, 2.05) is 0 Å². The fourth-order valence-corrected chi connectivity index (χ4v) is 0.926. The van der Waals surface area contributed by atoms with Crippen LogP contribution in [0.5, 0.6) is 0 Å². The summed E-state index contributed by atoms with van der Waals surface area (Å²) in [5.41, 5.74) is 11.2. The van der Waals surface area contributed by atoms with E-state index in [9.17, 15) is 0 Å². The van der Waals surface area contributed by atoms with Gasteiger partial charge in [-0.05, 0) is 12.8 Å². The van der Waals surface area contributed by atoms with E-state index in [1.54, 1.807) is 0 Å². The lowest BCUT2D eigenvalue weighted by molar-refractivity contribution is 0.799. The lowest BCUT2D eigenvalue weighted by Gasteiger charge is -2.04. The first kappa shape index (κ1) is 17.4. The van der Waals surface area contributed by atoms with Crippen LogP contribution in [0.3, 0.4) is 0 Å². The Kier molecular flexibility index (Phi) is 13.2. The first-order chi connectivity index (χ1) is 7.20. The Hall–Kier alpha value is -0.970.